The molecule has 0 aromatic heterocycles. The molecule has 10 heavy (non-hydrogen) atoms. The summed E-state index contributed by atoms with van der Waals surface area (Å²) < 4.78 is 0. The van der Waals surface area contributed by atoms with Crippen LogP contribution < -0.4 is 0 Å². The smallest absolute Gasteiger partial charge is 0.230 e. The summed E-state index contributed by atoms with van der Waals surface area (Å²) in [4.78, 5) is 0.0379. The van der Waals surface area contributed by atoms with E-state index in [-0.39, 0.29) is 18.1 Å². The highest BCUT2D eigenvalue weighted by molar-refractivity contribution is 4.35. The molecular weight excluding hydrogens is 138 g/mol. The molecule has 0 bridgehead atoms. The highest BCUT2D eigenvalue weighted by Crippen LogP contribution is 1.86. The van der Waals surface area contributed by atoms with Crippen molar-refractivity contribution >= 4 is 0 Å². The summed E-state index contributed by atoms with van der Waals surface area (Å²) in [5.41, 5.74) is 0. The molecule has 2 N–H and O–H groups in total. The van der Waals surface area contributed by atoms with Crippen molar-refractivity contribution in [3.8, 4) is 0 Å². The van der Waals surface area contributed by atoms with Crippen molar-refractivity contribution in [3.63, 3.8) is 0 Å². The Morgan fingerprint density at radius 2 is 2.30 bits per heavy atom. The Bertz CT molecular complexity index is 116. The third-order valence-electron chi connectivity index (χ3n) is 1.04. The third kappa shape index (κ3) is 2.49. The second kappa shape index (κ2) is 4.80. The maximum absolute atomic E-state index is 10.4. The van der Waals surface area contributed by atoms with Gasteiger partial charge < -0.3 is 15.5 Å². The Kier molecular flexibility index (Phi) is 4.30. The van der Waals surface area contributed by atoms with E-state index < -0.39 is 0 Å². The minimum absolute atomic E-state index is 0.0379. The molecule has 0 spiro atoms. The third-order valence-corrected chi connectivity index (χ3v) is 1.04. The molecule has 0 unspecified atom stereocenters. The average Bonchev–Trinajstić information content (AvgIpc) is 1.99. The molecule has 0 aliphatic rings. The summed E-state index contributed by atoms with van der Waals surface area (Å²) in [6.07, 6.45) is 0. The molecule has 0 aliphatic carbocycles. The molecule has 0 saturated carbocycles. The van der Waals surface area contributed by atoms with Crippen LogP contribution in [-0.4, -0.2) is 40.0 Å². The van der Waals surface area contributed by atoms with Gasteiger partial charge in [-0.2, -0.15) is 0 Å². The number of likely N-dealkylation sites (N-methyl/N-ethyl adjacent to an activating group) is 1. The van der Waals surface area contributed by atoms with Crippen molar-refractivity contribution in [2.24, 2.45) is 5.28 Å². The van der Waals surface area contributed by atoms with Crippen molar-refractivity contribution < 1.29 is 15.3 Å². The van der Waals surface area contributed by atoms with E-state index >= 15 is 0 Å². The molecule has 60 valence electrons. The first-order valence-electron chi connectivity index (χ1n) is 2.94. The van der Waals surface area contributed by atoms with Crippen molar-refractivity contribution in [2.75, 3.05) is 19.7 Å². The lowest BCUT2D eigenvalue weighted by molar-refractivity contribution is -0.709. The Morgan fingerprint density at radius 1 is 1.70 bits per heavy atom. The summed E-state index contributed by atoms with van der Waals surface area (Å²) in [7, 11) is 0. The van der Waals surface area contributed by atoms with Gasteiger partial charge >= 0.3 is 0 Å². The van der Waals surface area contributed by atoms with Crippen LogP contribution in [-0.2, 0) is 0 Å². The zero-order valence-electron chi connectivity index (χ0n) is 5.77. The van der Waals surface area contributed by atoms with Crippen LogP contribution in [0.3, 0.4) is 0 Å². The lowest BCUT2D eigenvalue weighted by Crippen LogP contribution is -2.32. The number of aliphatic hydroxyl groups is 1. The predicted molar refractivity (Wildman–Crippen MR) is 32.2 cm³/mol. The predicted octanol–water partition coefficient (Wildman–Crippen LogP) is -0.433. The van der Waals surface area contributed by atoms with Crippen molar-refractivity contribution in [2.45, 2.75) is 6.92 Å². The highest BCUT2D eigenvalue weighted by atomic mass is 16.6. The van der Waals surface area contributed by atoms with Gasteiger partial charge in [-0.15, -0.1) is 5.01 Å². The molecule has 0 aliphatic heterocycles. The van der Waals surface area contributed by atoms with E-state index in [4.69, 9.17) is 10.3 Å². The molecule has 0 heterocycles. The maximum atomic E-state index is 10.4. The number of hydrazine groups is 1. The van der Waals surface area contributed by atoms with Crippen LogP contribution in [0.4, 0.5) is 0 Å². The van der Waals surface area contributed by atoms with E-state index in [1.54, 1.807) is 6.92 Å². The summed E-state index contributed by atoms with van der Waals surface area (Å²) in [6.45, 7) is 2.14. The fourth-order valence-corrected chi connectivity index (χ4v) is 0.537. The quantitative estimate of drug-likeness (QED) is 0.322. The minimum Gasteiger partial charge on any atom is -0.569 e. The molecule has 0 aromatic carbocycles. The van der Waals surface area contributed by atoms with E-state index in [1.165, 1.54) is 0 Å². The Morgan fingerprint density at radius 3 is 2.60 bits per heavy atom. The van der Waals surface area contributed by atoms with Crippen molar-refractivity contribution in [1.82, 2.24) is 5.01 Å². The van der Waals surface area contributed by atoms with Crippen LogP contribution >= 0.6 is 0 Å². The molecule has 0 radical (unpaired) electrons. The topological polar surface area (TPSA) is 82.1 Å². The molecular formula is C4H11N3O3. The number of hydrogen-bond acceptors (Lipinski definition) is 3. The van der Waals surface area contributed by atoms with Gasteiger partial charge in [-0.05, 0) is 6.92 Å². The molecule has 0 fully saturated rings. The number of hydrogen-bond donors (Lipinski definition) is 2. The minimum atomic E-state index is -0.137. The lowest BCUT2D eigenvalue weighted by Gasteiger charge is -2.13. The standard InChI is InChI=1S/C4H11N3O3/c1-2-6(3-4-8)7(10)5-9/h8-9H,2-4H2,1H3/b7-5-. The van der Waals surface area contributed by atoms with Crippen molar-refractivity contribution in [1.29, 1.82) is 0 Å². The largest absolute Gasteiger partial charge is 0.569 e. The van der Waals surface area contributed by atoms with Gasteiger partial charge in [0, 0.05) is 0 Å². The summed E-state index contributed by atoms with van der Waals surface area (Å²) >= 11 is 0. The Balaban J connectivity index is 3.80. The van der Waals surface area contributed by atoms with Gasteiger partial charge in [0.25, 0.3) is 0 Å². The van der Waals surface area contributed by atoms with Crippen molar-refractivity contribution in [3.05, 3.63) is 5.21 Å². The molecule has 0 atom stereocenters. The molecule has 6 nitrogen and oxygen atoms in total. The van der Waals surface area contributed by atoms with Gasteiger partial charge in [-0.1, -0.05) is 0 Å². The summed E-state index contributed by atoms with van der Waals surface area (Å²) in [5, 5.41) is 30.3. The van der Waals surface area contributed by atoms with Gasteiger partial charge in [0.05, 0.1) is 24.7 Å². The first-order valence-corrected chi connectivity index (χ1v) is 2.94. The molecule has 0 rings (SSSR count). The fourth-order valence-electron chi connectivity index (χ4n) is 0.537. The van der Waals surface area contributed by atoms with Gasteiger partial charge in [0.1, 0.15) is 0 Å². The second-order valence-electron chi connectivity index (χ2n) is 1.61. The first-order chi connectivity index (χ1) is 4.76. The van der Waals surface area contributed by atoms with E-state index in [0.29, 0.717) is 6.54 Å². The number of rotatable bonds is 4. The molecule has 6 heteroatoms. The molecule has 0 amide bonds. The maximum Gasteiger partial charge on any atom is 0.230 e. The Labute approximate surface area is 58.5 Å². The van der Waals surface area contributed by atoms with E-state index in [2.05, 4.69) is 5.28 Å². The molecule has 0 aromatic rings. The van der Waals surface area contributed by atoms with E-state index in [1.807, 2.05) is 0 Å². The van der Waals surface area contributed by atoms with Gasteiger partial charge in [-0.25, -0.2) is 0 Å². The van der Waals surface area contributed by atoms with Crippen LogP contribution in [0.1, 0.15) is 6.92 Å². The van der Waals surface area contributed by atoms with Crippen LogP contribution in [0.2, 0.25) is 0 Å². The average molecular weight is 149 g/mol. The lowest BCUT2D eigenvalue weighted by atomic mass is 10.6. The second-order valence-corrected chi connectivity index (χ2v) is 1.61. The van der Waals surface area contributed by atoms with Crippen LogP contribution in [0.15, 0.2) is 5.28 Å². The molecule has 0 saturated heterocycles. The van der Waals surface area contributed by atoms with Crippen LogP contribution in [0.25, 0.3) is 0 Å². The van der Waals surface area contributed by atoms with E-state index in [0.717, 1.165) is 5.01 Å². The normalized spacial score (nSPS) is 11.6. The van der Waals surface area contributed by atoms with Gasteiger partial charge in [0.15, 0.2) is 0 Å². The zero-order chi connectivity index (χ0) is 7.98. The van der Waals surface area contributed by atoms with E-state index in [9.17, 15) is 5.21 Å². The zero-order valence-corrected chi connectivity index (χ0v) is 5.77. The summed E-state index contributed by atoms with van der Waals surface area (Å²) in [6, 6.07) is 0. The van der Waals surface area contributed by atoms with Gasteiger partial charge in [-0.3, -0.25) is 0 Å². The number of nitrogens with zero attached hydrogens (tertiary/aromatic N) is 3. The van der Waals surface area contributed by atoms with Crippen LogP contribution in [0, 0.1) is 5.21 Å². The Hall–Kier alpha value is -1.04. The first kappa shape index (κ1) is 8.96. The summed E-state index contributed by atoms with van der Waals surface area (Å²) in [5.74, 6) is 0. The SMILES string of the molecule is CCN(CCO)/[N+]([O-])=N/O. The van der Waals surface area contributed by atoms with Crippen LogP contribution in [0.5, 0.6) is 0 Å². The van der Waals surface area contributed by atoms with Gasteiger partial charge in [0.2, 0.25) is 5.28 Å². The highest BCUT2D eigenvalue weighted by Gasteiger charge is 2.07. The monoisotopic (exact) mass is 149 g/mol. The fraction of sp³-hybridized carbons (Fsp3) is 1.00. The number of aliphatic hydroxyl groups excluding tert-OH is 1.